The van der Waals surface area contributed by atoms with Crippen LogP contribution in [-0.2, 0) is 0 Å². The lowest BCUT2D eigenvalue weighted by atomic mass is 10.1. The van der Waals surface area contributed by atoms with E-state index in [2.05, 4.69) is 32.0 Å². The smallest absolute Gasteiger partial charge is 0.175 e. The number of benzene rings is 2. The molecule has 1 unspecified atom stereocenters. The van der Waals surface area contributed by atoms with E-state index in [-0.39, 0.29) is 11.0 Å². The van der Waals surface area contributed by atoms with Gasteiger partial charge in [-0.05, 0) is 56.7 Å². The Morgan fingerprint density at radius 1 is 1.10 bits per heavy atom. The van der Waals surface area contributed by atoms with Crippen molar-refractivity contribution in [3.63, 3.8) is 0 Å². The molecule has 0 spiro atoms. The highest BCUT2D eigenvalue weighted by molar-refractivity contribution is 8.00. The van der Waals surface area contributed by atoms with Crippen molar-refractivity contribution in [2.24, 2.45) is 0 Å². The molecule has 0 bridgehead atoms. The largest absolute Gasteiger partial charge is 0.497 e. The molecular weight excluding hydrogens is 280 g/mol. The second kappa shape index (κ2) is 6.81. The van der Waals surface area contributed by atoms with Gasteiger partial charge in [-0.25, -0.2) is 0 Å². The van der Waals surface area contributed by atoms with Gasteiger partial charge in [0.15, 0.2) is 5.78 Å². The third-order valence-corrected chi connectivity index (χ3v) is 4.66. The molecule has 0 heterocycles. The maximum Gasteiger partial charge on any atom is 0.175 e. The molecule has 0 N–H and O–H groups in total. The molecule has 3 heteroatoms. The maximum absolute atomic E-state index is 12.5. The number of hydrogen-bond acceptors (Lipinski definition) is 3. The minimum absolute atomic E-state index is 0.111. The number of Topliss-reactive ketones (excluding diaryl/α,β-unsaturated/α-hetero) is 1. The lowest BCUT2D eigenvalue weighted by molar-refractivity contribution is 0.0994. The number of aryl methyl sites for hydroxylation is 2. The van der Waals surface area contributed by atoms with Crippen LogP contribution in [0.5, 0.6) is 5.75 Å². The standard InChI is InChI=1S/C18H20O2S/c1-12-5-10-17(13(2)11-12)21-14(3)18(19)15-6-8-16(20-4)9-7-15/h5-11,14H,1-4H3. The minimum Gasteiger partial charge on any atom is -0.497 e. The highest BCUT2D eigenvalue weighted by atomic mass is 32.2. The third kappa shape index (κ3) is 3.88. The molecule has 0 fully saturated rings. The van der Waals surface area contributed by atoms with E-state index in [9.17, 15) is 4.79 Å². The Morgan fingerprint density at radius 2 is 1.76 bits per heavy atom. The summed E-state index contributed by atoms with van der Waals surface area (Å²) in [4.78, 5) is 13.6. The zero-order valence-corrected chi connectivity index (χ0v) is 13.7. The highest BCUT2D eigenvalue weighted by Gasteiger charge is 2.17. The zero-order chi connectivity index (χ0) is 15.4. The van der Waals surface area contributed by atoms with Crippen LogP contribution in [0.1, 0.15) is 28.4 Å². The highest BCUT2D eigenvalue weighted by Crippen LogP contribution is 2.29. The van der Waals surface area contributed by atoms with Gasteiger partial charge in [0.1, 0.15) is 5.75 Å². The molecule has 2 rings (SSSR count). The molecule has 0 aliphatic rings. The van der Waals surface area contributed by atoms with Gasteiger partial charge in [0, 0.05) is 10.5 Å². The van der Waals surface area contributed by atoms with Crippen molar-refractivity contribution in [2.75, 3.05) is 7.11 Å². The summed E-state index contributed by atoms with van der Waals surface area (Å²) in [5.74, 6) is 0.906. The fourth-order valence-electron chi connectivity index (χ4n) is 2.17. The summed E-state index contributed by atoms with van der Waals surface area (Å²) in [6.07, 6.45) is 0. The van der Waals surface area contributed by atoms with Crippen molar-refractivity contribution in [1.29, 1.82) is 0 Å². The Balaban J connectivity index is 2.11. The Labute approximate surface area is 130 Å². The number of rotatable bonds is 5. The normalized spacial score (nSPS) is 12.0. The van der Waals surface area contributed by atoms with Crippen LogP contribution >= 0.6 is 11.8 Å². The van der Waals surface area contributed by atoms with E-state index >= 15 is 0 Å². The Morgan fingerprint density at radius 3 is 2.33 bits per heavy atom. The molecule has 0 aliphatic heterocycles. The molecule has 0 amide bonds. The van der Waals surface area contributed by atoms with Gasteiger partial charge in [0.2, 0.25) is 0 Å². The second-order valence-electron chi connectivity index (χ2n) is 5.12. The maximum atomic E-state index is 12.5. The summed E-state index contributed by atoms with van der Waals surface area (Å²) >= 11 is 1.61. The average Bonchev–Trinajstić information content (AvgIpc) is 2.49. The third-order valence-electron chi connectivity index (χ3n) is 3.38. The predicted octanol–water partition coefficient (Wildman–Crippen LogP) is 4.68. The van der Waals surface area contributed by atoms with Gasteiger partial charge in [0.25, 0.3) is 0 Å². The lowest BCUT2D eigenvalue weighted by Gasteiger charge is -2.13. The van der Waals surface area contributed by atoms with Crippen LogP contribution in [-0.4, -0.2) is 18.1 Å². The summed E-state index contributed by atoms with van der Waals surface area (Å²) in [7, 11) is 1.62. The SMILES string of the molecule is COc1ccc(C(=O)C(C)Sc2ccc(C)cc2C)cc1. The van der Waals surface area contributed by atoms with Gasteiger partial charge >= 0.3 is 0 Å². The molecule has 1 atom stereocenters. The van der Waals surface area contributed by atoms with Crippen LogP contribution in [0, 0.1) is 13.8 Å². The summed E-state index contributed by atoms with van der Waals surface area (Å²) in [6.45, 7) is 6.11. The molecule has 2 nitrogen and oxygen atoms in total. The lowest BCUT2D eigenvalue weighted by Crippen LogP contribution is -2.13. The number of methoxy groups -OCH3 is 1. The topological polar surface area (TPSA) is 26.3 Å². The summed E-state index contributed by atoms with van der Waals surface area (Å²) in [5, 5.41) is -0.111. The van der Waals surface area contributed by atoms with Crippen molar-refractivity contribution in [2.45, 2.75) is 30.9 Å². The second-order valence-corrected chi connectivity index (χ2v) is 6.50. The minimum atomic E-state index is -0.111. The molecule has 0 aliphatic carbocycles. The van der Waals surface area contributed by atoms with Gasteiger partial charge in [-0.3, -0.25) is 4.79 Å². The van der Waals surface area contributed by atoms with E-state index < -0.39 is 0 Å². The Hall–Kier alpha value is -1.74. The number of ether oxygens (including phenoxy) is 1. The quantitative estimate of drug-likeness (QED) is 0.592. The predicted molar refractivity (Wildman–Crippen MR) is 88.6 cm³/mol. The van der Waals surface area contributed by atoms with E-state index in [0.29, 0.717) is 0 Å². The number of carbonyl (C=O) groups excluding carboxylic acids is 1. The van der Waals surface area contributed by atoms with E-state index in [1.54, 1.807) is 18.9 Å². The van der Waals surface area contributed by atoms with E-state index in [1.165, 1.54) is 11.1 Å². The first kappa shape index (κ1) is 15.6. The van der Waals surface area contributed by atoms with Crippen molar-refractivity contribution in [3.05, 3.63) is 59.2 Å². The average molecular weight is 300 g/mol. The van der Waals surface area contributed by atoms with E-state index in [0.717, 1.165) is 16.2 Å². The molecule has 0 radical (unpaired) electrons. The first-order chi connectivity index (χ1) is 10.0. The number of thioether (sulfide) groups is 1. The number of hydrogen-bond donors (Lipinski definition) is 0. The van der Waals surface area contributed by atoms with Crippen molar-refractivity contribution >= 4 is 17.5 Å². The van der Waals surface area contributed by atoms with Crippen molar-refractivity contribution in [3.8, 4) is 5.75 Å². The van der Waals surface area contributed by atoms with Crippen LogP contribution in [0.25, 0.3) is 0 Å². The zero-order valence-electron chi connectivity index (χ0n) is 12.8. The number of carbonyl (C=O) groups is 1. The Bertz CT molecular complexity index is 632. The fourth-order valence-corrected chi connectivity index (χ4v) is 3.18. The molecule has 2 aromatic carbocycles. The van der Waals surface area contributed by atoms with E-state index in [1.807, 2.05) is 31.2 Å². The van der Waals surface area contributed by atoms with Crippen molar-refractivity contribution in [1.82, 2.24) is 0 Å². The van der Waals surface area contributed by atoms with Crippen molar-refractivity contribution < 1.29 is 9.53 Å². The molecule has 0 saturated heterocycles. The summed E-state index contributed by atoms with van der Waals surface area (Å²) in [5.41, 5.74) is 3.18. The van der Waals surface area contributed by atoms with Crippen LogP contribution in [0.2, 0.25) is 0 Å². The summed E-state index contributed by atoms with van der Waals surface area (Å²) in [6, 6.07) is 13.6. The number of ketones is 1. The van der Waals surface area contributed by atoms with Gasteiger partial charge in [-0.15, -0.1) is 11.8 Å². The molecule has 21 heavy (non-hydrogen) atoms. The van der Waals surface area contributed by atoms with Gasteiger partial charge in [-0.1, -0.05) is 17.7 Å². The van der Waals surface area contributed by atoms with Crippen LogP contribution in [0.3, 0.4) is 0 Å². The first-order valence-electron chi connectivity index (χ1n) is 6.93. The van der Waals surface area contributed by atoms with Crippen LogP contribution in [0.15, 0.2) is 47.4 Å². The first-order valence-corrected chi connectivity index (χ1v) is 7.81. The summed E-state index contributed by atoms with van der Waals surface area (Å²) < 4.78 is 5.12. The Kier molecular flexibility index (Phi) is 5.07. The van der Waals surface area contributed by atoms with Gasteiger partial charge in [-0.2, -0.15) is 0 Å². The molecule has 0 saturated carbocycles. The van der Waals surface area contributed by atoms with Gasteiger partial charge < -0.3 is 4.74 Å². The molecular formula is C18H20O2S. The van der Waals surface area contributed by atoms with E-state index in [4.69, 9.17) is 4.74 Å². The molecule has 0 aromatic heterocycles. The molecule has 2 aromatic rings. The fraction of sp³-hybridized carbons (Fsp3) is 0.278. The molecule has 110 valence electrons. The van der Waals surface area contributed by atoms with Crippen LogP contribution in [0.4, 0.5) is 0 Å². The van der Waals surface area contributed by atoms with Crippen LogP contribution < -0.4 is 4.74 Å². The van der Waals surface area contributed by atoms with Gasteiger partial charge in [0.05, 0.1) is 12.4 Å². The monoisotopic (exact) mass is 300 g/mol.